The SMILES string of the molecule is NC(=S)CC(=O)NCC1CCCS1. The fourth-order valence-corrected chi connectivity index (χ4v) is 2.59. The molecule has 1 atom stereocenters. The Balaban J connectivity index is 2.10. The lowest BCUT2D eigenvalue weighted by molar-refractivity contribution is -0.119. The van der Waals surface area contributed by atoms with Crippen LogP contribution in [0, 0.1) is 0 Å². The van der Waals surface area contributed by atoms with E-state index in [1.807, 2.05) is 11.8 Å². The average molecular weight is 218 g/mol. The van der Waals surface area contributed by atoms with E-state index in [0.717, 1.165) is 6.54 Å². The lowest BCUT2D eigenvalue weighted by Gasteiger charge is -2.09. The molecule has 5 heteroatoms. The van der Waals surface area contributed by atoms with Crippen LogP contribution in [0.4, 0.5) is 0 Å². The van der Waals surface area contributed by atoms with Gasteiger partial charge < -0.3 is 11.1 Å². The molecule has 0 aromatic heterocycles. The molecule has 1 rings (SSSR count). The summed E-state index contributed by atoms with van der Waals surface area (Å²) in [4.78, 5) is 11.4. The van der Waals surface area contributed by atoms with Crippen molar-refractivity contribution in [3.63, 3.8) is 0 Å². The van der Waals surface area contributed by atoms with Crippen molar-refractivity contribution in [3.8, 4) is 0 Å². The minimum absolute atomic E-state index is 0.0556. The summed E-state index contributed by atoms with van der Waals surface area (Å²) < 4.78 is 0. The number of nitrogens with one attached hydrogen (secondary N) is 1. The molecule has 0 spiro atoms. The maximum absolute atomic E-state index is 11.1. The normalized spacial score (nSPS) is 21.4. The molecule has 0 aliphatic carbocycles. The van der Waals surface area contributed by atoms with Crippen molar-refractivity contribution in [1.29, 1.82) is 0 Å². The van der Waals surface area contributed by atoms with Crippen molar-refractivity contribution < 1.29 is 4.79 Å². The van der Waals surface area contributed by atoms with E-state index in [9.17, 15) is 4.79 Å². The summed E-state index contributed by atoms with van der Waals surface area (Å²) >= 11 is 6.56. The van der Waals surface area contributed by atoms with Gasteiger partial charge in [0, 0.05) is 11.8 Å². The molecule has 1 amide bonds. The molecule has 0 aromatic carbocycles. The highest BCUT2D eigenvalue weighted by atomic mass is 32.2. The van der Waals surface area contributed by atoms with Gasteiger partial charge in [0.25, 0.3) is 0 Å². The van der Waals surface area contributed by atoms with Gasteiger partial charge in [-0.25, -0.2) is 0 Å². The highest BCUT2D eigenvalue weighted by Crippen LogP contribution is 2.25. The number of carbonyl (C=O) groups is 1. The molecule has 1 aliphatic heterocycles. The highest BCUT2D eigenvalue weighted by Gasteiger charge is 2.16. The average Bonchev–Trinajstić information content (AvgIpc) is 2.51. The summed E-state index contributed by atoms with van der Waals surface area (Å²) in [6.45, 7) is 0.756. The standard InChI is InChI=1S/C8H14N2OS2/c9-7(12)4-8(11)10-5-6-2-1-3-13-6/h6H,1-5H2,(H2,9,12)(H,10,11). The number of rotatable bonds is 4. The summed E-state index contributed by atoms with van der Waals surface area (Å²) in [5.41, 5.74) is 5.24. The van der Waals surface area contributed by atoms with Crippen LogP contribution in [0.15, 0.2) is 0 Å². The van der Waals surface area contributed by atoms with Crippen LogP contribution in [-0.2, 0) is 4.79 Å². The summed E-state index contributed by atoms with van der Waals surface area (Å²) in [5, 5.41) is 3.42. The van der Waals surface area contributed by atoms with E-state index in [2.05, 4.69) is 17.5 Å². The van der Waals surface area contributed by atoms with Gasteiger partial charge in [-0.2, -0.15) is 11.8 Å². The first kappa shape index (κ1) is 10.8. The molecule has 1 unspecified atom stereocenters. The third-order valence-electron chi connectivity index (χ3n) is 1.89. The van der Waals surface area contributed by atoms with Crippen LogP contribution >= 0.6 is 24.0 Å². The van der Waals surface area contributed by atoms with Crippen LogP contribution in [0.5, 0.6) is 0 Å². The Kier molecular flexibility index (Phi) is 4.52. The number of amides is 1. The van der Waals surface area contributed by atoms with Gasteiger partial charge >= 0.3 is 0 Å². The molecular formula is C8H14N2OS2. The fourth-order valence-electron chi connectivity index (χ4n) is 1.25. The molecule has 1 heterocycles. The van der Waals surface area contributed by atoms with Crippen LogP contribution in [-0.4, -0.2) is 28.4 Å². The summed E-state index contributed by atoms with van der Waals surface area (Å²) in [7, 11) is 0. The molecule has 74 valence electrons. The zero-order valence-electron chi connectivity index (χ0n) is 7.41. The number of carbonyl (C=O) groups excluding carboxylic acids is 1. The Hall–Kier alpha value is -0.290. The van der Waals surface area contributed by atoms with Crippen molar-refractivity contribution in [3.05, 3.63) is 0 Å². The lowest BCUT2D eigenvalue weighted by Crippen LogP contribution is -2.32. The molecule has 3 N–H and O–H groups in total. The first-order valence-corrected chi connectivity index (χ1v) is 5.81. The van der Waals surface area contributed by atoms with Crippen molar-refractivity contribution in [1.82, 2.24) is 5.32 Å². The number of thiocarbonyl (C=S) groups is 1. The van der Waals surface area contributed by atoms with Gasteiger partial charge in [-0.15, -0.1) is 0 Å². The highest BCUT2D eigenvalue weighted by molar-refractivity contribution is 8.00. The molecule has 1 aliphatic rings. The van der Waals surface area contributed by atoms with Crippen molar-refractivity contribution in [2.45, 2.75) is 24.5 Å². The molecule has 0 aromatic rings. The first-order chi connectivity index (χ1) is 6.18. The van der Waals surface area contributed by atoms with Crippen molar-refractivity contribution >= 4 is 34.9 Å². The third kappa shape index (κ3) is 4.47. The van der Waals surface area contributed by atoms with Gasteiger partial charge in [0.1, 0.15) is 0 Å². The molecule has 13 heavy (non-hydrogen) atoms. The molecule has 0 radical (unpaired) electrons. The molecule has 1 saturated heterocycles. The second-order valence-corrected chi connectivity index (χ2v) is 5.01. The first-order valence-electron chi connectivity index (χ1n) is 4.35. The molecule has 1 fully saturated rings. The van der Waals surface area contributed by atoms with Crippen LogP contribution in [0.25, 0.3) is 0 Å². The quantitative estimate of drug-likeness (QED) is 0.681. The Bertz CT molecular complexity index is 202. The Labute approximate surface area is 87.8 Å². The third-order valence-corrected chi connectivity index (χ3v) is 3.43. The van der Waals surface area contributed by atoms with Gasteiger partial charge in [-0.1, -0.05) is 12.2 Å². The minimum atomic E-state index is -0.0556. The number of thioether (sulfide) groups is 1. The Morgan fingerprint density at radius 2 is 2.46 bits per heavy atom. The molecule has 0 bridgehead atoms. The van der Waals surface area contributed by atoms with Crippen LogP contribution in [0.1, 0.15) is 19.3 Å². The predicted molar refractivity (Wildman–Crippen MR) is 59.9 cm³/mol. The summed E-state index contributed by atoms with van der Waals surface area (Å²) in [6, 6.07) is 0. The second kappa shape index (κ2) is 5.44. The predicted octanol–water partition coefficient (Wildman–Crippen LogP) is 0.674. The van der Waals surface area contributed by atoms with Gasteiger partial charge in [0.15, 0.2) is 0 Å². The zero-order chi connectivity index (χ0) is 9.68. The van der Waals surface area contributed by atoms with Crippen LogP contribution in [0.2, 0.25) is 0 Å². The number of hydrogen-bond donors (Lipinski definition) is 2. The minimum Gasteiger partial charge on any atom is -0.393 e. The monoisotopic (exact) mass is 218 g/mol. The number of nitrogens with two attached hydrogens (primary N) is 1. The van der Waals surface area contributed by atoms with E-state index in [-0.39, 0.29) is 17.3 Å². The van der Waals surface area contributed by atoms with E-state index >= 15 is 0 Å². The molecular weight excluding hydrogens is 204 g/mol. The van der Waals surface area contributed by atoms with Crippen molar-refractivity contribution in [2.75, 3.05) is 12.3 Å². The van der Waals surface area contributed by atoms with Crippen LogP contribution in [0.3, 0.4) is 0 Å². The largest absolute Gasteiger partial charge is 0.393 e. The van der Waals surface area contributed by atoms with Gasteiger partial charge in [0.2, 0.25) is 5.91 Å². The second-order valence-electron chi connectivity index (χ2n) is 3.08. The fraction of sp³-hybridized carbons (Fsp3) is 0.750. The maximum atomic E-state index is 11.1. The van der Waals surface area contributed by atoms with Gasteiger partial charge in [-0.3, -0.25) is 4.79 Å². The van der Waals surface area contributed by atoms with Gasteiger partial charge in [0.05, 0.1) is 11.4 Å². The Morgan fingerprint density at radius 3 is 3.00 bits per heavy atom. The topological polar surface area (TPSA) is 55.1 Å². The number of hydrogen-bond acceptors (Lipinski definition) is 3. The van der Waals surface area contributed by atoms with E-state index in [4.69, 9.17) is 5.73 Å². The molecule has 3 nitrogen and oxygen atoms in total. The van der Waals surface area contributed by atoms with E-state index in [1.54, 1.807) is 0 Å². The Morgan fingerprint density at radius 1 is 1.69 bits per heavy atom. The van der Waals surface area contributed by atoms with E-state index in [1.165, 1.54) is 18.6 Å². The molecule has 0 saturated carbocycles. The van der Waals surface area contributed by atoms with E-state index in [0.29, 0.717) is 5.25 Å². The smallest absolute Gasteiger partial charge is 0.226 e. The maximum Gasteiger partial charge on any atom is 0.226 e. The van der Waals surface area contributed by atoms with Crippen LogP contribution < -0.4 is 11.1 Å². The van der Waals surface area contributed by atoms with Gasteiger partial charge in [-0.05, 0) is 18.6 Å². The van der Waals surface area contributed by atoms with E-state index < -0.39 is 0 Å². The summed E-state index contributed by atoms with van der Waals surface area (Å²) in [6.07, 6.45) is 2.64. The summed E-state index contributed by atoms with van der Waals surface area (Å²) in [5.74, 6) is 1.16. The van der Waals surface area contributed by atoms with Crippen molar-refractivity contribution in [2.24, 2.45) is 5.73 Å². The lowest BCUT2D eigenvalue weighted by atomic mass is 10.2. The zero-order valence-corrected chi connectivity index (χ0v) is 9.05.